The van der Waals surface area contributed by atoms with Crippen LogP contribution in [0.4, 0.5) is 0 Å². The molecule has 6 heteroatoms. The molecule has 2 aromatic carbocycles. The molecule has 0 N–H and O–H groups in total. The smallest absolute Gasteiger partial charge is 0.306 e. The molecule has 0 heterocycles. The number of rotatable bonds is 7. The summed E-state index contributed by atoms with van der Waals surface area (Å²) in [5.41, 5.74) is 1.98. The van der Waals surface area contributed by atoms with Gasteiger partial charge in [-0.05, 0) is 23.3 Å². The molecule has 0 spiro atoms. The Morgan fingerprint density at radius 1 is 0.958 bits per heavy atom. The summed E-state index contributed by atoms with van der Waals surface area (Å²) in [5.74, 6) is 0.327. The molecule has 2 aromatic rings. The fraction of sp³-hybridized carbons (Fsp3) is 0.278. The molecule has 0 fully saturated rings. The molecule has 0 aliphatic rings. The fourth-order valence-corrected chi connectivity index (χ4v) is 2.77. The highest BCUT2D eigenvalue weighted by molar-refractivity contribution is 7.86. The van der Waals surface area contributed by atoms with Crippen molar-refractivity contribution in [2.45, 2.75) is 26.4 Å². The first-order chi connectivity index (χ1) is 11.4. The summed E-state index contributed by atoms with van der Waals surface area (Å²) in [5, 5.41) is 0. The van der Waals surface area contributed by atoms with E-state index < -0.39 is 10.1 Å². The summed E-state index contributed by atoms with van der Waals surface area (Å²) in [6.07, 6.45) is 1.44. The van der Waals surface area contributed by atoms with Crippen LogP contribution < -0.4 is 4.18 Å². The third kappa shape index (κ3) is 5.70. The first-order valence-electron chi connectivity index (χ1n) is 7.67. The van der Waals surface area contributed by atoms with Crippen molar-refractivity contribution in [2.75, 3.05) is 6.26 Å². The van der Waals surface area contributed by atoms with Gasteiger partial charge in [-0.2, -0.15) is 8.42 Å². The van der Waals surface area contributed by atoms with Gasteiger partial charge in [0.05, 0.1) is 6.26 Å². The van der Waals surface area contributed by atoms with Crippen molar-refractivity contribution in [3.8, 4) is 5.75 Å². The molecule has 0 aromatic heterocycles. The van der Waals surface area contributed by atoms with Crippen LogP contribution in [0.1, 0.15) is 24.5 Å². The average Bonchev–Trinajstić information content (AvgIpc) is 2.55. The van der Waals surface area contributed by atoms with Gasteiger partial charge in [0, 0.05) is 19.5 Å². The lowest BCUT2D eigenvalue weighted by Crippen LogP contribution is -2.29. The lowest BCUT2D eigenvalue weighted by molar-refractivity contribution is -0.132. The van der Waals surface area contributed by atoms with E-state index in [1.807, 2.05) is 37.3 Å². The molecular weight excluding hydrogens is 326 g/mol. The quantitative estimate of drug-likeness (QED) is 0.723. The second-order valence-electron chi connectivity index (χ2n) is 5.52. The molecule has 2 rings (SSSR count). The van der Waals surface area contributed by atoms with Gasteiger partial charge in [-0.15, -0.1) is 0 Å². The van der Waals surface area contributed by atoms with Crippen LogP contribution in [0.25, 0.3) is 0 Å². The molecule has 0 atom stereocenters. The van der Waals surface area contributed by atoms with Gasteiger partial charge < -0.3 is 9.08 Å². The minimum atomic E-state index is -3.54. The molecule has 24 heavy (non-hydrogen) atoms. The van der Waals surface area contributed by atoms with Crippen molar-refractivity contribution in [1.82, 2.24) is 4.90 Å². The molecule has 128 valence electrons. The number of amides is 1. The highest BCUT2D eigenvalue weighted by atomic mass is 32.2. The standard InChI is InChI=1S/C18H21NO4S/c1-3-18(20)19(13-15-7-5-4-6-8-15)14-16-9-11-17(12-10-16)23-24(2,21)22/h4-12H,3,13-14H2,1-2H3. The summed E-state index contributed by atoms with van der Waals surface area (Å²) >= 11 is 0. The van der Waals surface area contributed by atoms with Gasteiger partial charge >= 0.3 is 10.1 Å². The Labute approximate surface area is 143 Å². The summed E-state index contributed by atoms with van der Waals surface area (Å²) < 4.78 is 27.1. The minimum Gasteiger partial charge on any atom is -0.383 e. The van der Waals surface area contributed by atoms with E-state index >= 15 is 0 Å². The van der Waals surface area contributed by atoms with E-state index in [2.05, 4.69) is 0 Å². The fourth-order valence-electron chi connectivity index (χ4n) is 2.31. The van der Waals surface area contributed by atoms with E-state index in [1.54, 1.807) is 29.2 Å². The van der Waals surface area contributed by atoms with Crippen molar-refractivity contribution in [1.29, 1.82) is 0 Å². The maximum atomic E-state index is 12.2. The van der Waals surface area contributed by atoms with Crippen LogP contribution in [0.15, 0.2) is 54.6 Å². The molecule has 0 saturated heterocycles. The molecule has 0 unspecified atom stereocenters. The predicted octanol–water partition coefficient (Wildman–Crippen LogP) is 2.96. The van der Waals surface area contributed by atoms with Crippen molar-refractivity contribution >= 4 is 16.0 Å². The second-order valence-corrected chi connectivity index (χ2v) is 7.10. The highest BCUT2D eigenvalue weighted by Gasteiger charge is 2.13. The third-order valence-electron chi connectivity index (χ3n) is 3.42. The summed E-state index contributed by atoms with van der Waals surface area (Å²) in [6.45, 7) is 2.83. The van der Waals surface area contributed by atoms with Crippen LogP contribution in [-0.4, -0.2) is 25.5 Å². The van der Waals surface area contributed by atoms with Crippen LogP contribution in [0.3, 0.4) is 0 Å². The maximum absolute atomic E-state index is 12.2. The molecule has 1 amide bonds. The topological polar surface area (TPSA) is 63.7 Å². The van der Waals surface area contributed by atoms with Crippen LogP contribution in [-0.2, 0) is 28.0 Å². The predicted molar refractivity (Wildman–Crippen MR) is 92.9 cm³/mol. The van der Waals surface area contributed by atoms with E-state index in [1.165, 1.54) is 0 Å². The van der Waals surface area contributed by atoms with Crippen LogP contribution in [0, 0.1) is 0 Å². The number of carbonyl (C=O) groups is 1. The molecule has 0 radical (unpaired) electrons. The normalized spacial score (nSPS) is 11.1. The van der Waals surface area contributed by atoms with Gasteiger partial charge in [0.15, 0.2) is 0 Å². The summed E-state index contributed by atoms with van der Waals surface area (Å²) in [7, 11) is -3.54. The molecule has 5 nitrogen and oxygen atoms in total. The molecule has 0 aliphatic carbocycles. The number of nitrogens with zero attached hydrogens (tertiary/aromatic N) is 1. The van der Waals surface area contributed by atoms with Crippen LogP contribution in [0.5, 0.6) is 5.75 Å². The maximum Gasteiger partial charge on any atom is 0.306 e. The second kappa shape index (κ2) is 7.97. The number of hydrogen-bond acceptors (Lipinski definition) is 4. The van der Waals surface area contributed by atoms with E-state index in [0.29, 0.717) is 19.5 Å². The lowest BCUT2D eigenvalue weighted by Gasteiger charge is -2.22. The van der Waals surface area contributed by atoms with Crippen LogP contribution in [0.2, 0.25) is 0 Å². The van der Waals surface area contributed by atoms with Gasteiger partial charge in [-0.25, -0.2) is 0 Å². The SMILES string of the molecule is CCC(=O)N(Cc1ccccc1)Cc1ccc(OS(C)(=O)=O)cc1. The summed E-state index contributed by atoms with van der Waals surface area (Å²) in [6, 6.07) is 16.5. The Hall–Kier alpha value is -2.34. The van der Waals surface area contributed by atoms with Crippen molar-refractivity contribution in [3.63, 3.8) is 0 Å². The Balaban J connectivity index is 2.10. The van der Waals surface area contributed by atoms with Gasteiger partial charge in [-0.1, -0.05) is 49.4 Å². The Morgan fingerprint density at radius 3 is 2.00 bits per heavy atom. The zero-order chi connectivity index (χ0) is 17.6. The first kappa shape index (κ1) is 18.0. The summed E-state index contributed by atoms with van der Waals surface area (Å²) in [4.78, 5) is 14.0. The van der Waals surface area contributed by atoms with Gasteiger partial charge in [0.25, 0.3) is 0 Å². The molecular formula is C18H21NO4S. The van der Waals surface area contributed by atoms with Gasteiger partial charge in [-0.3, -0.25) is 4.79 Å². The van der Waals surface area contributed by atoms with E-state index in [-0.39, 0.29) is 11.7 Å². The highest BCUT2D eigenvalue weighted by Crippen LogP contribution is 2.17. The van der Waals surface area contributed by atoms with Crippen molar-refractivity contribution < 1.29 is 17.4 Å². The molecule has 0 bridgehead atoms. The zero-order valence-corrected chi connectivity index (χ0v) is 14.6. The van der Waals surface area contributed by atoms with E-state index in [4.69, 9.17) is 4.18 Å². The number of benzene rings is 2. The monoisotopic (exact) mass is 347 g/mol. The van der Waals surface area contributed by atoms with Crippen molar-refractivity contribution in [3.05, 3.63) is 65.7 Å². The van der Waals surface area contributed by atoms with Gasteiger partial charge in [0.1, 0.15) is 5.75 Å². The first-order valence-corrected chi connectivity index (χ1v) is 9.49. The number of hydrogen-bond donors (Lipinski definition) is 0. The van der Waals surface area contributed by atoms with Gasteiger partial charge in [0.2, 0.25) is 5.91 Å². The minimum absolute atomic E-state index is 0.0651. The average molecular weight is 347 g/mol. The van der Waals surface area contributed by atoms with E-state index in [0.717, 1.165) is 17.4 Å². The Bertz CT molecular complexity index is 770. The lowest BCUT2D eigenvalue weighted by atomic mass is 10.1. The number of carbonyl (C=O) groups excluding carboxylic acids is 1. The van der Waals surface area contributed by atoms with E-state index in [9.17, 15) is 13.2 Å². The molecule has 0 saturated carbocycles. The Morgan fingerprint density at radius 2 is 1.50 bits per heavy atom. The zero-order valence-electron chi connectivity index (χ0n) is 13.8. The largest absolute Gasteiger partial charge is 0.383 e. The Kier molecular flexibility index (Phi) is 5.98. The van der Waals surface area contributed by atoms with Crippen LogP contribution >= 0.6 is 0 Å². The third-order valence-corrected chi connectivity index (χ3v) is 3.91. The van der Waals surface area contributed by atoms with Crippen molar-refractivity contribution in [2.24, 2.45) is 0 Å². The molecule has 0 aliphatic heterocycles.